The van der Waals surface area contributed by atoms with Crippen molar-refractivity contribution in [3.63, 3.8) is 0 Å². The number of nitrogens with zero attached hydrogens (tertiary/aromatic N) is 2. The summed E-state index contributed by atoms with van der Waals surface area (Å²) in [6.07, 6.45) is 5.57. The van der Waals surface area contributed by atoms with E-state index in [1.807, 2.05) is 12.1 Å². The largest absolute Gasteiger partial charge is 0.369 e. The van der Waals surface area contributed by atoms with Gasteiger partial charge in [-0.25, -0.2) is 13.4 Å². The second-order valence-electron chi connectivity index (χ2n) is 7.13. The molecular weight excluding hydrogens is 370 g/mol. The lowest BCUT2D eigenvalue weighted by Gasteiger charge is -2.18. The number of halogens is 1. The molecule has 2 heterocycles. The highest BCUT2D eigenvalue weighted by Crippen LogP contribution is 2.48. The van der Waals surface area contributed by atoms with E-state index >= 15 is 0 Å². The van der Waals surface area contributed by atoms with Crippen molar-refractivity contribution in [3.05, 3.63) is 53.2 Å². The lowest BCUT2D eigenvalue weighted by molar-refractivity contribution is 0.477. The van der Waals surface area contributed by atoms with Crippen LogP contribution in [0.2, 0.25) is 5.02 Å². The molecule has 2 aromatic rings. The molecule has 1 N–H and O–H groups in total. The zero-order valence-corrected chi connectivity index (χ0v) is 16.1. The molecule has 5 nitrogen and oxygen atoms in total. The third-order valence-corrected chi connectivity index (χ3v) is 7.49. The lowest BCUT2D eigenvalue weighted by Crippen LogP contribution is -2.28. The SMILES string of the molecule is O=S(=O)(c1ccc(NCC2(c3ccc(Cl)cc3)CC2)nc1)N1CCCC1. The first-order valence-corrected chi connectivity index (χ1v) is 10.8. The van der Waals surface area contributed by atoms with Crippen molar-refractivity contribution in [1.82, 2.24) is 9.29 Å². The topological polar surface area (TPSA) is 62.3 Å². The van der Waals surface area contributed by atoms with Gasteiger partial charge in [-0.05, 0) is 55.5 Å². The van der Waals surface area contributed by atoms with E-state index in [-0.39, 0.29) is 10.3 Å². The molecule has 2 fully saturated rings. The van der Waals surface area contributed by atoms with Crippen LogP contribution in [-0.4, -0.2) is 37.3 Å². The van der Waals surface area contributed by atoms with E-state index in [1.54, 1.807) is 12.1 Å². The Morgan fingerprint density at radius 2 is 1.77 bits per heavy atom. The van der Waals surface area contributed by atoms with Crippen molar-refractivity contribution >= 4 is 27.4 Å². The van der Waals surface area contributed by atoms with E-state index in [0.717, 1.165) is 37.3 Å². The minimum absolute atomic E-state index is 0.132. The molecule has 1 aromatic carbocycles. The highest BCUT2D eigenvalue weighted by molar-refractivity contribution is 7.89. The number of nitrogens with one attached hydrogen (secondary N) is 1. The Bertz CT molecular complexity index is 872. The number of aromatic nitrogens is 1. The number of pyridine rings is 1. The summed E-state index contributed by atoms with van der Waals surface area (Å²) >= 11 is 5.98. The van der Waals surface area contributed by atoms with Crippen LogP contribution < -0.4 is 5.32 Å². The predicted molar refractivity (Wildman–Crippen MR) is 103 cm³/mol. The maximum absolute atomic E-state index is 12.5. The van der Waals surface area contributed by atoms with Crippen molar-refractivity contribution in [3.8, 4) is 0 Å². The van der Waals surface area contributed by atoms with Crippen molar-refractivity contribution in [2.45, 2.75) is 36.0 Å². The van der Waals surface area contributed by atoms with E-state index in [1.165, 1.54) is 16.1 Å². The summed E-state index contributed by atoms with van der Waals surface area (Å²) in [6.45, 7) is 1.98. The smallest absolute Gasteiger partial charge is 0.244 e. The van der Waals surface area contributed by atoms with Crippen LogP contribution in [0.4, 0.5) is 5.82 Å². The Balaban J connectivity index is 1.42. The van der Waals surface area contributed by atoms with Crippen LogP contribution in [0.3, 0.4) is 0 Å². The summed E-state index contributed by atoms with van der Waals surface area (Å²) in [4.78, 5) is 4.58. The Kier molecular flexibility index (Phi) is 4.67. The number of hydrogen-bond donors (Lipinski definition) is 1. The fraction of sp³-hybridized carbons (Fsp3) is 0.421. The standard InChI is InChI=1S/C19H22ClN3O2S/c20-16-5-3-15(4-6-16)19(9-10-19)14-22-18-8-7-17(13-21-18)26(24,25)23-11-1-2-12-23/h3-8,13H,1-2,9-12,14H2,(H,21,22). The fourth-order valence-electron chi connectivity index (χ4n) is 3.50. The fourth-order valence-corrected chi connectivity index (χ4v) is 5.09. The monoisotopic (exact) mass is 391 g/mol. The molecule has 138 valence electrons. The highest BCUT2D eigenvalue weighted by atomic mass is 35.5. The lowest BCUT2D eigenvalue weighted by atomic mass is 9.96. The van der Waals surface area contributed by atoms with E-state index < -0.39 is 10.0 Å². The average molecular weight is 392 g/mol. The van der Waals surface area contributed by atoms with Crippen LogP contribution in [0.25, 0.3) is 0 Å². The number of benzene rings is 1. The summed E-state index contributed by atoms with van der Waals surface area (Å²) in [5.41, 5.74) is 1.41. The maximum Gasteiger partial charge on any atom is 0.244 e. The normalized spacial score (nSPS) is 19.4. The molecule has 7 heteroatoms. The first-order valence-electron chi connectivity index (χ1n) is 8.96. The third-order valence-electron chi connectivity index (χ3n) is 5.36. The van der Waals surface area contributed by atoms with Gasteiger partial charge in [-0.15, -0.1) is 0 Å². The van der Waals surface area contributed by atoms with Gasteiger partial charge in [0.2, 0.25) is 10.0 Å². The van der Waals surface area contributed by atoms with Gasteiger partial charge in [0.05, 0.1) is 0 Å². The van der Waals surface area contributed by atoms with Crippen molar-refractivity contribution in [1.29, 1.82) is 0 Å². The zero-order chi connectivity index (χ0) is 18.2. The number of rotatable bonds is 6. The highest BCUT2D eigenvalue weighted by Gasteiger charge is 2.44. The minimum atomic E-state index is -3.40. The Morgan fingerprint density at radius 1 is 1.08 bits per heavy atom. The number of sulfonamides is 1. The molecule has 0 radical (unpaired) electrons. The van der Waals surface area contributed by atoms with Crippen LogP contribution in [0.15, 0.2) is 47.5 Å². The van der Waals surface area contributed by atoms with E-state index in [2.05, 4.69) is 22.4 Å². The first-order chi connectivity index (χ1) is 12.5. The summed E-state index contributed by atoms with van der Waals surface area (Å²) in [7, 11) is -3.40. The van der Waals surface area contributed by atoms with Gasteiger partial charge in [0, 0.05) is 36.3 Å². The molecule has 1 saturated carbocycles. The second-order valence-corrected chi connectivity index (χ2v) is 9.51. The average Bonchev–Trinajstić information content (AvgIpc) is 3.22. The van der Waals surface area contributed by atoms with Gasteiger partial charge in [-0.2, -0.15) is 4.31 Å². The molecule has 26 heavy (non-hydrogen) atoms. The van der Waals surface area contributed by atoms with Crippen LogP contribution in [0, 0.1) is 0 Å². The van der Waals surface area contributed by atoms with E-state index in [4.69, 9.17) is 11.6 Å². The molecule has 1 aliphatic carbocycles. The Morgan fingerprint density at radius 3 is 2.35 bits per heavy atom. The van der Waals surface area contributed by atoms with Crippen molar-refractivity contribution in [2.75, 3.05) is 25.0 Å². The number of anilines is 1. The van der Waals surface area contributed by atoms with Crippen molar-refractivity contribution in [2.24, 2.45) is 0 Å². The Hall–Kier alpha value is -1.63. The van der Waals surface area contributed by atoms with Crippen LogP contribution in [0.5, 0.6) is 0 Å². The maximum atomic E-state index is 12.5. The molecule has 1 saturated heterocycles. The molecule has 0 amide bonds. The molecule has 4 rings (SSSR count). The molecule has 1 aliphatic heterocycles. The molecular formula is C19H22ClN3O2S. The van der Waals surface area contributed by atoms with Gasteiger partial charge in [0.25, 0.3) is 0 Å². The summed E-state index contributed by atoms with van der Waals surface area (Å²) in [5, 5.41) is 4.10. The van der Waals surface area contributed by atoms with Gasteiger partial charge < -0.3 is 5.32 Å². The summed E-state index contributed by atoms with van der Waals surface area (Å²) < 4.78 is 26.6. The van der Waals surface area contributed by atoms with E-state index in [9.17, 15) is 8.42 Å². The second kappa shape index (κ2) is 6.83. The van der Waals surface area contributed by atoms with Gasteiger partial charge in [-0.3, -0.25) is 0 Å². The van der Waals surface area contributed by atoms with Crippen LogP contribution in [0.1, 0.15) is 31.2 Å². The zero-order valence-electron chi connectivity index (χ0n) is 14.5. The van der Waals surface area contributed by atoms with Gasteiger partial charge in [0.1, 0.15) is 10.7 Å². The van der Waals surface area contributed by atoms with E-state index in [0.29, 0.717) is 18.9 Å². The first kappa shape index (κ1) is 17.8. The third kappa shape index (κ3) is 3.46. The van der Waals surface area contributed by atoms with Crippen molar-refractivity contribution < 1.29 is 8.42 Å². The van der Waals surface area contributed by atoms with Gasteiger partial charge in [0.15, 0.2) is 0 Å². The predicted octanol–water partition coefficient (Wildman–Crippen LogP) is 3.66. The summed E-state index contributed by atoms with van der Waals surface area (Å²) in [6, 6.07) is 11.4. The summed E-state index contributed by atoms with van der Waals surface area (Å²) in [5.74, 6) is 0.700. The molecule has 0 atom stereocenters. The Labute approximate surface area is 159 Å². The van der Waals surface area contributed by atoms with Crippen LogP contribution in [-0.2, 0) is 15.4 Å². The quantitative estimate of drug-likeness (QED) is 0.816. The molecule has 0 bridgehead atoms. The van der Waals surface area contributed by atoms with Gasteiger partial charge in [-0.1, -0.05) is 23.7 Å². The molecule has 0 spiro atoms. The van der Waals surface area contributed by atoms with Crippen LogP contribution >= 0.6 is 11.6 Å². The molecule has 2 aliphatic rings. The number of hydrogen-bond acceptors (Lipinski definition) is 4. The molecule has 0 unspecified atom stereocenters. The van der Waals surface area contributed by atoms with Gasteiger partial charge >= 0.3 is 0 Å². The molecule has 1 aromatic heterocycles. The minimum Gasteiger partial charge on any atom is -0.369 e.